The Morgan fingerprint density at radius 3 is 2.64 bits per heavy atom. The van der Waals surface area contributed by atoms with Crippen LogP contribution in [0.3, 0.4) is 0 Å². The zero-order valence-electron chi connectivity index (χ0n) is 15.4. The molecule has 2 heterocycles. The van der Waals surface area contributed by atoms with Crippen LogP contribution in [0, 0.1) is 0 Å². The second-order valence-corrected chi connectivity index (χ2v) is 7.24. The first-order chi connectivity index (χ1) is 13.6. The molecule has 4 rings (SSSR count). The van der Waals surface area contributed by atoms with E-state index < -0.39 is 0 Å². The van der Waals surface area contributed by atoms with Gasteiger partial charge in [0, 0.05) is 12.4 Å². The van der Waals surface area contributed by atoms with Gasteiger partial charge in [0.25, 0.3) is 5.91 Å². The largest absolute Gasteiger partial charge is 0.497 e. The number of fused-ring (bicyclic) bond motifs is 1. The lowest BCUT2D eigenvalue weighted by molar-refractivity contribution is 0.103. The molecule has 0 bridgehead atoms. The molecule has 0 aliphatic rings. The van der Waals surface area contributed by atoms with Gasteiger partial charge < -0.3 is 14.6 Å². The summed E-state index contributed by atoms with van der Waals surface area (Å²) in [6.45, 7) is 0. The lowest BCUT2D eigenvalue weighted by atomic mass is 10.0. The number of nitrogens with one attached hydrogen (secondary N) is 1. The molecular formula is C22H18N2O3S. The molecule has 0 aliphatic carbocycles. The minimum absolute atomic E-state index is 0.136. The number of thiophene rings is 1. The molecule has 0 spiro atoms. The average molecular weight is 390 g/mol. The van der Waals surface area contributed by atoms with Crippen LogP contribution in [0.4, 0.5) is 5.82 Å². The summed E-state index contributed by atoms with van der Waals surface area (Å²) in [6, 6.07) is 18.2. The smallest absolute Gasteiger partial charge is 0.266 e. The van der Waals surface area contributed by atoms with E-state index in [1.54, 1.807) is 25.3 Å². The van der Waals surface area contributed by atoms with Crippen LogP contribution >= 0.6 is 11.3 Å². The highest BCUT2D eigenvalue weighted by Gasteiger charge is 2.20. The maximum atomic E-state index is 13.4. The first-order valence-electron chi connectivity index (χ1n) is 8.71. The van der Waals surface area contributed by atoms with E-state index in [2.05, 4.69) is 5.32 Å². The van der Waals surface area contributed by atoms with Gasteiger partial charge in [-0.2, -0.15) is 0 Å². The first kappa shape index (κ1) is 18.0. The maximum Gasteiger partial charge on any atom is 0.266 e. The fraction of sp³-hybridized carbons (Fsp3) is 0.0909. The molecule has 0 saturated carbocycles. The van der Waals surface area contributed by atoms with Crippen LogP contribution in [-0.2, 0) is 7.05 Å². The molecule has 1 amide bonds. The van der Waals surface area contributed by atoms with E-state index >= 15 is 0 Å². The molecule has 2 aromatic heterocycles. The van der Waals surface area contributed by atoms with E-state index in [0.717, 1.165) is 5.52 Å². The normalized spacial score (nSPS) is 10.8. The number of amides is 1. The zero-order valence-corrected chi connectivity index (χ0v) is 16.2. The summed E-state index contributed by atoms with van der Waals surface area (Å²) in [4.78, 5) is 26.7. The van der Waals surface area contributed by atoms with Crippen molar-refractivity contribution in [1.82, 2.24) is 4.57 Å². The number of hydrogen-bond acceptors (Lipinski definition) is 4. The molecule has 28 heavy (non-hydrogen) atoms. The maximum absolute atomic E-state index is 13.4. The minimum atomic E-state index is -0.246. The van der Waals surface area contributed by atoms with Gasteiger partial charge in [-0.25, -0.2) is 0 Å². The Labute approximate surface area is 165 Å². The van der Waals surface area contributed by atoms with E-state index in [1.165, 1.54) is 11.3 Å². The Morgan fingerprint density at radius 2 is 1.89 bits per heavy atom. The number of benzene rings is 2. The average Bonchev–Trinajstić information content (AvgIpc) is 3.27. The Bertz CT molecular complexity index is 1230. The number of aromatic nitrogens is 1. The van der Waals surface area contributed by atoms with Crippen molar-refractivity contribution in [3.8, 4) is 16.9 Å². The van der Waals surface area contributed by atoms with Crippen molar-refractivity contribution in [2.24, 2.45) is 7.05 Å². The van der Waals surface area contributed by atoms with Crippen molar-refractivity contribution >= 4 is 34.0 Å². The summed E-state index contributed by atoms with van der Waals surface area (Å²) < 4.78 is 7.16. The lowest BCUT2D eigenvalue weighted by Crippen LogP contribution is -2.21. The molecule has 1 N–H and O–H groups in total. The molecule has 4 aromatic rings. The van der Waals surface area contributed by atoms with Crippen molar-refractivity contribution in [3.63, 3.8) is 0 Å². The van der Waals surface area contributed by atoms with Gasteiger partial charge in [0.15, 0.2) is 5.43 Å². The molecule has 0 fully saturated rings. The third-order valence-corrected chi connectivity index (χ3v) is 5.51. The van der Waals surface area contributed by atoms with E-state index in [0.29, 0.717) is 33.0 Å². The number of hydrogen-bond donors (Lipinski definition) is 1. The van der Waals surface area contributed by atoms with Crippen LogP contribution < -0.4 is 15.5 Å². The molecule has 6 heteroatoms. The number of aryl methyl sites for hydroxylation is 1. The lowest BCUT2D eigenvalue weighted by Gasteiger charge is -2.18. The quantitative estimate of drug-likeness (QED) is 0.557. The van der Waals surface area contributed by atoms with Crippen LogP contribution in [0.1, 0.15) is 9.67 Å². The predicted molar refractivity (Wildman–Crippen MR) is 113 cm³/mol. The summed E-state index contributed by atoms with van der Waals surface area (Å²) in [6.07, 6.45) is 0. The third kappa shape index (κ3) is 3.08. The van der Waals surface area contributed by atoms with E-state index in [9.17, 15) is 9.59 Å². The van der Waals surface area contributed by atoms with Gasteiger partial charge in [-0.05, 0) is 41.3 Å². The van der Waals surface area contributed by atoms with Crippen LogP contribution in [-0.4, -0.2) is 17.6 Å². The Morgan fingerprint density at radius 1 is 1.07 bits per heavy atom. The minimum Gasteiger partial charge on any atom is -0.497 e. The number of para-hydroxylation sites is 1. The van der Waals surface area contributed by atoms with Crippen LogP contribution in [0.15, 0.2) is 70.8 Å². The van der Waals surface area contributed by atoms with Gasteiger partial charge in [0.2, 0.25) is 0 Å². The van der Waals surface area contributed by atoms with Crippen LogP contribution in [0.2, 0.25) is 0 Å². The molecule has 0 saturated heterocycles. The molecule has 0 atom stereocenters. The molecule has 5 nitrogen and oxygen atoms in total. The van der Waals surface area contributed by atoms with Crippen molar-refractivity contribution in [2.75, 3.05) is 12.4 Å². The first-order valence-corrected chi connectivity index (χ1v) is 9.59. The van der Waals surface area contributed by atoms with E-state index in [-0.39, 0.29) is 11.3 Å². The summed E-state index contributed by atoms with van der Waals surface area (Å²) in [5.41, 5.74) is 1.74. The Kier molecular flexibility index (Phi) is 4.71. The van der Waals surface area contributed by atoms with Gasteiger partial charge in [-0.1, -0.05) is 30.3 Å². The van der Waals surface area contributed by atoms with Gasteiger partial charge in [-0.15, -0.1) is 11.3 Å². The van der Waals surface area contributed by atoms with Crippen molar-refractivity contribution in [2.45, 2.75) is 0 Å². The molecule has 0 aliphatic heterocycles. The summed E-state index contributed by atoms with van der Waals surface area (Å²) >= 11 is 1.35. The van der Waals surface area contributed by atoms with Gasteiger partial charge in [0.05, 0.1) is 23.1 Å². The number of methoxy groups -OCH3 is 1. The fourth-order valence-electron chi connectivity index (χ4n) is 3.26. The number of carbonyl (C=O) groups excluding carboxylic acids is 1. The highest BCUT2D eigenvalue weighted by molar-refractivity contribution is 7.12. The number of anilines is 1. The molecule has 0 radical (unpaired) electrons. The summed E-state index contributed by atoms with van der Waals surface area (Å²) in [5.74, 6) is 0.850. The van der Waals surface area contributed by atoms with Gasteiger partial charge in [-0.3, -0.25) is 9.59 Å². The number of ether oxygens (including phenoxy) is 1. The highest BCUT2D eigenvalue weighted by atomic mass is 32.1. The van der Waals surface area contributed by atoms with Gasteiger partial charge >= 0.3 is 0 Å². The Balaban J connectivity index is 1.99. The monoisotopic (exact) mass is 390 g/mol. The van der Waals surface area contributed by atoms with Crippen molar-refractivity contribution in [3.05, 3.63) is 81.1 Å². The SMILES string of the molecule is COc1cccc(-c2c(NC(=O)c3cccs3)n(C)c3ccccc3c2=O)c1. The number of rotatable bonds is 4. The molecule has 140 valence electrons. The molecule has 0 unspecified atom stereocenters. The second kappa shape index (κ2) is 7.32. The molecular weight excluding hydrogens is 372 g/mol. The number of carbonyl (C=O) groups is 1. The third-order valence-electron chi connectivity index (χ3n) is 4.64. The zero-order chi connectivity index (χ0) is 19.7. The van der Waals surface area contributed by atoms with Crippen molar-refractivity contribution in [1.29, 1.82) is 0 Å². The van der Waals surface area contributed by atoms with Gasteiger partial charge in [0.1, 0.15) is 11.6 Å². The standard InChI is InChI=1S/C22H18N2O3S/c1-24-17-10-4-3-9-16(17)20(25)19(14-7-5-8-15(13-14)27-2)21(24)23-22(26)18-11-6-12-28-18/h3-13H,1-2H3,(H,23,26). The van der Waals surface area contributed by atoms with Crippen molar-refractivity contribution < 1.29 is 9.53 Å². The number of nitrogens with zero attached hydrogens (tertiary/aromatic N) is 1. The fourth-order valence-corrected chi connectivity index (χ4v) is 3.88. The second-order valence-electron chi connectivity index (χ2n) is 6.29. The molecule has 2 aromatic carbocycles. The van der Waals surface area contributed by atoms with Crippen LogP contribution in [0.25, 0.3) is 22.0 Å². The topological polar surface area (TPSA) is 60.3 Å². The summed E-state index contributed by atoms with van der Waals surface area (Å²) in [7, 11) is 3.42. The summed E-state index contributed by atoms with van der Waals surface area (Å²) in [5, 5.41) is 5.38. The highest BCUT2D eigenvalue weighted by Crippen LogP contribution is 2.30. The van der Waals surface area contributed by atoms with E-state index in [4.69, 9.17) is 4.74 Å². The van der Waals surface area contributed by atoms with E-state index in [1.807, 2.05) is 59.5 Å². The Hall–Kier alpha value is -3.38. The van der Waals surface area contributed by atoms with Crippen LogP contribution in [0.5, 0.6) is 5.75 Å². The predicted octanol–water partition coefficient (Wildman–Crippen LogP) is 4.53. The number of pyridine rings is 1.